The summed E-state index contributed by atoms with van der Waals surface area (Å²) in [7, 11) is 22.9. The Hall–Kier alpha value is -11.6. The lowest BCUT2D eigenvalue weighted by molar-refractivity contribution is -0.562. The summed E-state index contributed by atoms with van der Waals surface area (Å²) in [5.41, 5.74) is 13.5. The number of rotatable bonds is 32. The first-order chi connectivity index (χ1) is 66.6. The molecule has 0 aromatic carbocycles. The monoisotopic (exact) mass is 2140 g/mol. The number of hydrogen-bond acceptors (Lipinski definition) is 39. The molecule has 3 heterocycles. The Morgan fingerprint density at radius 3 is 1.11 bits per heavy atom. The van der Waals surface area contributed by atoms with Crippen LogP contribution in [0.1, 0.15) is 270 Å². The van der Waals surface area contributed by atoms with Crippen molar-refractivity contribution in [2.24, 2.45) is 75.4 Å². The summed E-state index contributed by atoms with van der Waals surface area (Å²) >= 11 is 0. The van der Waals surface area contributed by atoms with Gasteiger partial charge in [0.25, 0.3) is 11.8 Å². The van der Waals surface area contributed by atoms with E-state index in [2.05, 4.69) is 76.6 Å². The van der Waals surface area contributed by atoms with E-state index >= 15 is 0 Å². The summed E-state index contributed by atoms with van der Waals surface area (Å²) in [6.45, 7) is 53.3. The van der Waals surface area contributed by atoms with Crippen molar-refractivity contribution in [3.05, 3.63) is 56.3 Å². The van der Waals surface area contributed by atoms with Crippen LogP contribution in [-0.4, -0.2) is 323 Å². The predicted molar refractivity (Wildman–Crippen MR) is 549 cm³/mol. The molecule has 47 nitrogen and oxygen atoms in total. The molecule has 856 valence electrons. The third-order valence-corrected chi connectivity index (χ3v) is 20.3. The number of ether oxygens (including phenoxy) is 13. The summed E-state index contributed by atoms with van der Waals surface area (Å²) in [4.78, 5) is 234. The molecule has 3 aliphatic heterocycles. The fourth-order valence-corrected chi connectivity index (χ4v) is 13.1. The molecule has 11 atom stereocenters. The largest absolute Gasteiger partial charge is 0.481 e. The highest BCUT2D eigenvalue weighted by molar-refractivity contribution is 6.09. The SMILES string of the molecule is C=C(C[C@H](C)C(=O)OC)C(=O)OC.C=C1C[C@@H](C(=O)OC)N(C(=O)OC(C)(C)C)C1=O.CC(C)[N+](=O)[O-].CN(C)C(OC(C)(C)C)N(C)C.COC(=O)C(C[C@H](C)C(=O)OC)CC(C)(C)[N+](=O)[O-].COC(=O)[C@@H](C)CC(CC(C)(C)C)C(N)=O.COC(=O)[C@@H](N)CC(CC(C)(C)C)C(N)=O.COC(=O)[C@@H]1C/C(=C\N(C)C)C(=O)N1C(=O)OC(C)(C)C.COC(=O)[C@@H]1CCC(=O)N1C(=O)OC(C)(C)C.C[C@@H](CC1CC1)C(=O)O.Cl. The summed E-state index contributed by atoms with van der Waals surface area (Å²) in [5.74, 6) is -9.44. The third-order valence-electron chi connectivity index (χ3n) is 20.3. The zero-order valence-electron chi connectivity index (χ0n) is 95.4. The van der Waals surface area contributed by atoms with Crippen LogP contribution in [0.25, 0.3) is 0 Å². The summed E-state index contributed by atoms with van der Waals surface area (Å²) in [5, 5.41) is 28.9. The lowest BCUT2D eigenvalue weighted by Crippen LogP contribution is -2.46. The minimum atomic E-state index is -1.26. The number of carbonyl (C=O) groups excluding carboxylic acids is 17. The number of nitrogens with two attached hydrogens (primary N) is 3. The molecule has 148 heavy (non-hydrogen) atoms. The maximum Gasteiger partial charge on any atom is 0.418 e. The van der Waals surface area contributed by atoms with E-state index in [1.807, 2.05) is 79.5 Å². The number of carboxylic acids is 1. The molecule has 0 bridgehead atoms. The van der Waals surface area contributed by atoms with Crippen LogP contribution in [0.4, 0.5) is 14.4 Å². The predicted octanol–water partition coefficient (Wildman–Crippen LogP) is 11.8. The van der Waals surface area contributed by atoms with Crippen molar-refractivity contribution in [1.29, 1.82) is 0 Å². The normalized spacial score (nSPS) is 16.6. The molecular weight excluding hydrogens is 1970 g/mol. The van der Waals surface area contributed by atoms with Gasteiger partial charge in [0.2, 0.25) is 29.3 Å². The highest BCUT2D eigenvalue weighted by Gasteiger charge is 2.49. The van der Waals surface area contributed by atoms with E-state index in [1.54, 1.807) is 129 Å². The van der Waals surface area contributed by atoms with Crippen molar-refractivity contribution in [1.82, 2.24) is 29.4 Å². The second kappa shape index (κ2) is 69.7. The van der Waals surface area contributed by atoms with Gasteiger partial charge < -0.3 is 88.8 Å². The van der Waals surface area contributed by atoms with Gasteiger partial charge in [-0.2, -0.15) is 0 Å². The number of hydrogen-bond donors (Lipinski definition) is 4. The number of halogens is 1. The number of methoxy groups -OCH3 is 9. The molecule has 1 saturated carbocycles. The van der Waals surface area contributed by atoms with Gasteiger partial charge in [0.05, 0.1) is 99.2 Å². The number of nitrogens with zero attached hydrogens (tertiary/aromatic N) is 8. The number of carbonyl (C=O) groups is 18. The topological polar surface area (TPSA) is 631 Å². The van der Waals surface area contributed by atoms with E-state index in [4.69, 9.17) is 41.3 Å². The van der Waals surface area contributed by atoms with Crippen molar-refractivity contribution in [2.45, 2.75) is 334 Å². The quantitative estimate of drug-likeness (QED) is 0.0121. The van der Waals surface area contributed by atoms with Gasteiger partial charge in [0.15, 0.2) is 6.35 Å². The zero-order chi connectivity index (χ0) is 117. The fraction of sp³-hybridized carbons (Fsp3) is 0.760. The van der Waals surface area contributed by atoms with Crippen molar-refractivity contribution >= 4 is 120 Å². The molecule has 4 aliphatic rings. The van der Waals surface area contributed by atoms with Gasteiger partial charge in [-0.15, -0.1) is 12.4 Å². The molecule has 8 amide bonds. The van der Waals surface area contributed by atoms with Crippen LogP contribution >= 0.6 is 12.4 Å². The molecule has 0 aromatic rings. The highest BCUT2D eigenvalue weighted by atomic mass is 35.5. The van der Waals surface area contributed by atoms with E-state index in [1.165, 1.54) is 90.7 Å². The van der Waals surface area contributed by atoms with Crippen molar-refractivity contribution < 1.29 is 163 Å². The summed E-state index contributed by atoms with van der Waals surface area (Å²) in [6, 6.07) is -4.04. The van der Waals surface area contributed by atoms with Gasteiger partial charge in [-0.1, -0.05) is 95.2 Å². The van der Waals surface area contributed by atoms with E-state index < -0.39 is 165 Å². The number of primary amides is 2. The maximum absolute atomic E-state index is 12.3. The molecule has 7 N–H and O–H groups in total. The third kappa shape index (κ3) is 65.3. The van der Waals surface area contributed by atoms with Crippen LogP contribution in [0.3, 0.4) is 0 Å². The first-order valence-corrected chi connectivity index (χ1v) is 47.6. The number of likely N-dealkylation sites (tertiary alicyclic amines) is 3. The smallest absolute Gasteiger partial charge is 0.418 e. The molecule has 0 aromatic heterocycles. The Balaban J connectivity index is -0.000000302. The number of esters is 9. The Morgan fingerprint density at radius 2 is 0.811 bits per heavy atom. The second-order valence-electron chi connectivity index (χ2n) is 43.3. The molecule has 1 aliphatic carbocycles. The number of aliphatic carboxylic acids is 1. The molecule has 4 rings (SSSR count). The van der Waals surface area contributed by atoms with Gasteiger partial charge in [0.1, 0.15) is 41.0 Å². The average Bonchev–Trinajstić information content (AvgIpc) is 1.65. The van der Waals surface area contributed by atoms with Crippen LogP contribution in [0.5, 0.6) is 0 Å². The fourth-order valence-electron chi connectivity index (χ4n) is 13.1. The average molecular weight is 2150 g/mol. The van der Waals surface area contributed by atoms with Gasteiger partial charge in [-0.3, -0.25) is 82.8 Å². The lowest BCUT2D eigenvalue weighted by Gasteiger charge is -2.35. The van der Waals surface area contributed by atoms with Crippen LogP contribution in [0.15, 0.2) is 36.1 Å². The first kappa shape index (κ1) is 149. The van der Waals surface area contributed by atoms with Gasteiger partial charge in [-0.25, -0.2) is 48.3 Å². The Bertz CT molecular complexity index is 4290. The lowest BCUT2D eigenvalue weighted by atomic mass is 9.80. The van der Waals surface area contributed by atoms with Crippen LogP contribution in [0, 0.1) is 78.4 Å². The molecule has 0 spiro atoms. The highest BCUT2D eigenvalue weighted by Crippen LogP contribution is 2.36. The van der Waals surface area contributed by atoms with Crippen molar-refractivity contribution in [2.75, 3.05) is 106 Å². The molecule has 3 saturated heterocycles. The van der Waals surface area contributed by atoms with Crippen LogP contribution < -0.4 is 17.2 Å². The van der Waals surface area contributed by atoms with E-state index in [9.17, 15) is 107 Å². The standard InChI is InChI=1S/C14H22N2O5.C12H21NO6.C12H17NO5.C12H23NO3.C11H22N2O3.C11H17NO5.C9H22N2O.C9H14O4.C7H12O2.C3H7NO2.ClH/c1-14(2,3)21-13(19)16-10(12(18)20-6)7-9(11(16)17)8-15(4)5;1-8(10(14)18-4)6-9(11(15)19-5)7-12(2,3)13(16)17;1-7-6-8(10(15)17-5)13(9(7)14)11(16)18-12(2,3)4;1-8(11(15)16-5)6-9(10(13)14)7-12(2,3)4;1-11(2,3)6-7(9(13)14)5-8(12)10(15)16-4;1-11(2,3)17-10(15)12-7(9(14)16-4)5-6-8(12)13;1-9(2,3)12-8(10(4)5)11(6)7;1-6(8(10)12-3)5-7(2)9(11)13-4;1-5(7(8)9)4-6-2-3-6;1-3(2)4(5)6;/h8,10H,7H2,1-6H3;8-9H,6-7H2,1-5H3;8H,1,6H2,2-5H3;8-9H,6-7H2,1-5H3,(H2,13,14);7-8H,5-6,12H2,1-4H3,(H2,13,14);7H,5-6H2,1-4H3;8H,1-7H3;7H,1,5H2,2-4H3;5-6H,2-4H2,1H3,(H,8,9);3H,1-2H3;1H/b9-8+;;;;;;;;;;/t10-;8-,9?;8-;8-,9?;7?,8-;7-;;7-;5-;;/m000000.00../s1. The number of nitro groups is 2. The Kier molecular flexibility index (Phi) is 70.3. The number of amides is 8. The van der Waals surface area contributed by atoms with E-state index in [0.717, 1.165) is 27.0 Å². The van der Waals surface area contributed by atoms with Crippen molar-refractivity contribution in [3.63, 3.8) is 0 Å². The van der Waals surface area contributed by atoms with E-state index in [-0.39, 0.29) is 144 Å². The van der Waals surface area contributed by atoms with Gasteiger partial charge >= 0.3 is 78.0 Å². The van der Waals surface area contributed by atoms with Crippen LogP contribution in [-0.2, 0) is 133 Å². The zero-order valence-corrected chi connectivity index (χ0v) is 96.2. The molecule has 0 radical (unpaired) electrons. The Labute approximate surface area is 880 Å². The second-order valence-corrected chi connectivity index (χ2v) is 43.3. The van der Waals surface area contributed by atoms with Crippen molar-refractivity contribution in [3.8, 4) is 0 Å². The first-order valence-electron chi connectivity index (χ1n) is 47.6. The van der Waals surface area contributed by atoms with Crippen LogP contribution in [0.2, 0.25) is 0 Å². The Morgan fingerprint density at radius 1 is 0.466 bits per heavy atom. The molecular formula is C100H178ClN11O36. The minimum Gasteiger partial charge on any atom is -0.481 e. The molecule has 48 heteroatoms. The van der Waals surface area contributed by atoms with E-state index in [0.29, 0.717) is 24.8 Å². The summed E-state index contributed by atoms with van der Waals surface area (Å²) < 4.78 is 62.2. The number of imide groups is 3. The molecule has 3 unspecified atom stereocenters. The maximum atomic E-state index is 12.3. The number of carboxylic acid groups (broad SMARTS) is 1. The van der Waals surface area contributed by atoms with Gasteiger partial charge in [0, 0.05) is 112 Å². The van der Waals surface area contributed by atoms with Gasteiger partial charge in [-0.05, 0) is 179 Å². The minimum absolute atomic E-state index is 0. The molecule has 4 fully saturated rings. The summed E-state index contributed by atoms with van der Waals surface area (Å²) in [6.07, 6.45) is 5.55.